The van der Waals surface area contributed by atoms with Crippen molar-refractivity contribution in [2.75, 3.05) is 19.8 Å². The molecule has 0 aliphatic carbocycles. The Balaban J connectivity index is 1.95. The Bertz CT molecular complexity index is 269. The first-order valence-electron chi connectivity index (χ1n) is 7.91. The molecular formula is C16H28O3. The highest BCUT2D eigenvalue weighted by Gasteiger charge is 2.59. The molecule has 0 bridgehead atoms. The van der Waals surface area contributed by atoms with Crippen molar-refractivity contribution >= 4 is 0 Å². The van der Waals surface area contributed by atoms with Crippen LogP contribution in [0.5, 0.6) is 0 Å². The van der Waals surface area contributed by atoms with Gasteiger partial charge >= 0.3 is 0 Å². The lowest BCUT2D eigenvalue weighted by Gasteiger charge is -2.50. The maximum Gasteiger partial charge on any atom is 0.0738 e. The molecule has 3 unspecified atom stereocenters. The van der Waals surface area contributed by atoms with Gasteiger partial charge in [0.15, 0.2) is 0 Å². The fourth-order valence-corrected chi connectivity index (χ4v) is 5.02. The lowest BCUT2D eigenvalue weighted by Crippen LogP contribution is -2.59. The molecule has 0 amide bonds. The summed E-state index contributed by atoms with van der Waals surface area (Å²) in [6.07, 6.45) is 6.90. The van der Waals surface area contributed by atoms with E-state index in [1.54, 1.807) is 0 Å². The first kappa shape index (κ1) is 13.8. The van der Waals surface area contributed by atoms with E-state index in [2.05, 4.69) is 20.8 Å². The van der Waals surface area contributed by atoms with Crippen molar-refractivity contribution in [2.24, 2.45) is 5.92 Å². The van der Waals surface area contributed by atoms with Gasteiger partial charge in [-0.3, -0.25) is 0 Å². The van der Waals surface area contributed by atoms with Crippen LogP contribution in [0.25, 0.3) is 0 Å². The fourth-order valence-electron chi connectivity index (χ4n) is 5.02. The van der Waals surface area contributed by atoms with E-state index in [1.807, 2.05) is 0 Å². The molecule has 3 atom stereocenters. The lowest BCUT2D eigenvalue weighted by molar-refractivity contribution is -0.200. The molecule has 3 rings (SSSR count). The van der Waals surface area contributed by atoms with Crippen LogP contribution >= 0.6 is 0 Å². The van der Waals surface area contributed by atoms with Gasteiger partial charge in [0.1, 0.15) is 0 Å². The second kappa shape index (κ2) is 4.71. The molecule has 3 heteroatoms. The molecule has 0 aromatic carbocycles. The normalized spacial score (nSPS) is 48.8. The van der Waals surface area contributed by atoms with E-state index in [9.17, 15) is 0 Å². The molecule has 0 aromatic heterocycles. The molecule has 0 spiro atoms. The highest BCUT2D eigenvalue weighted by atomic mass is 16.5. The summed E-state index contributed by atoms with van der Waals surface area (Å²) in [7, 11) is 0. The molecule has 3 heterocycles. The maximum atomic E-state index is 6.20. The maximum absolute atomic E-state index is 6.20. The SMILES string of the molecule is CC1(C(C2(C)CCCO2)C2(C)CCCO2)CCCO1. The Morgan fingerprint density at radius 1 is 0.632 bits per heavy atom. The van der Waals surface area contributed by atoms with Gasteiger partial charge in [-0.05, 0) is 59.3 Å². The van der Waals surface area contributed by atoms with Crippen LogP contribution in [0.4, 0.5) is 0 Å². The fraction of sp³-hybridized carbons (Fsp3) is 1.00. The summed E-state index contributed by atoms with van der Waals surface area (Å²) in [5.74, 6) is 0.333. The Morgan fingerprint density at radius 2 is 0.947 bits per heavy atom. The van der Waals surface area contributed by atoms with Gasteiger partial charge < -0.3 is 14.2 Å². The summed E-state index contributed by atoms with van der Waals surface area (Å²) in [6.45, 7) is 9.51. The Kier molecular flexibility index (Phi) is 3.43. The smallest absolute Gasteiger partial charge is 0.0738 e. The number of hydrogen-bond acceptors (Lipinski definition) is 3. The van der Waals surface area contributed by atoms with Crippen LogP contribution in [0.3, 0.4) is 0 Å². The Labute approximate surface area is 117 Å². The molecule has 0 aromatic rings. The van der Waals surface area contributed by atoms with Crippen LogP contribution in [0.2, 0.25) is 0 Å². The molecule has 3 aliphatic rings. The molecule has 0 N–H and O–H groups in total. The van der Waals surface area contributed by atoms with Crippen molar-refractivity contribution < 1.29 is 14.2 Å². The summed E-state index contributed by atoms with van der Waals surface area (Å²) in [4.78, 5) is 0. The lowest BCUT2D eigenvalue weighted by atomic mass is 9.65. The number of hydrogen-bond donors (Lipinski definition) is 0. The highest BCUT2D eigenvalue weighted by Crippen LogP contribution is 2.53. The zero-order valence-electron chi connectivity index (χ0n) is 12.7. The zero-order chi connectivity index (χ0) is 13.6. The third-order valence-electron chi connectivity index (χ3n) is 5.58. The van der Waals surface area contributed by atoms with Gasteiger partial charge in [-0.15, -0.1) is 0 Å². The van der Waals surface area contributed by atoms with Crippen LogP contribution in [0.1, 0.15) is 59.3 Å². The predicted molar refractivity (Wildman–Crippen MR) is 74.3 cm³/mol. The van der Waals surface area contributed by atoms with Crippen molar-refractivity contribution in [3.05, 3.63) is 0 Å². The van der Waals surface area contributed by atoms with E-state index in [-0.39, 0.29) is 16.8 Å². The van der Waals surface area contributed by atoms with E-state index >= 15 is 0 Å². The largest absolute Gasteiger partial charge is 0.375 e. The minimum atomic E-state index is -0.0851. The Morgan fingerprint density at radius 3 is 1.16 bits per heavy atom. The Hall–Kier alpha value is -0.120. The third-order valence-corrected chi connectivity index (χ3v) is 5.58. The van der Waals surface area contributed by atoms with Crippen LogP contribution in [0, 0.1) is 5.92 Å². The van der Waals surface area contributed by atoms with Crippen LogP contribution in [-0.4, -0.2) is 36.6 Å². The first-order chi connectivity index (χ1) is 8.99. The topological polar surface area (TPSA) is 27.7 Å². The van der Waals surface area contributed by atoms with E-state index in [1.165, 1.54) is 19.3 Å². The third kappa shape index (κ3) is 2.24. The van der Waals surface area contributed by atoms with Gasteiger partial charge in [0, 0.05) is 25.7 Å². The summed E-state index contributed by atoms with van der Waals surface area (Å²) < 4.78 is 18.6. The molecule has 3 nitrogen and oxygen atoms in total. The molecule has 110 valence electrons. The van der Waals surface area contributed by atoms with Crippen LogP contribution in [-0.2, 0) is 14.2 Å². The van der Waals surface area contributed by atoms with Gasteiger partial charge in [-0.25, -0.2) is 0 Å². The van der Waals surface area contributed by atoms with E-state index in [0.717, 1.165) is 39.1 Å². The van der Waals surface area contributed by atoms with Gasteiger partial charge in [-0.1, -0.05) is 0 Å². The zero-order valence-corrected chi connectivity index (χ0v) is 12.7. The summed E-state index contributed by atoms with van der Waals surface area (Å²) in [6, 6.07) is 0. The monoisotopic (exact) mass is 268 g/mol. The molecule has 19 heavy (non-hydrogen) atoms. The van der Waals surface area contributed by atoms with Crippen molar-refractivity contribution in [1.29, 1.82) is 0 Å². The summed E-state index contributed by atoms with van der Waals surface area (Å²) >= 11 is 0. The van der Waals surface area contributed by atoms with E-state index in [4.69, 9.17) is 14.2 Å². The molecule has 0 saturated carbocycles. The van der Waals surface area contributed by atoms with E-state index in [0.29, 0.717) is 5.92 Å². The molecule has 3 saturated heterocycles. The van der Waals surface area contributed by atoms with Crippen LogP contribution in [0.15, 0.2) is 0 Å². The van der Waals surface area contributed by atoms with Gasteiger partial charge in [0.2, 0.25) is 0 Å². The minimum absolute atomic E-state index is 0.0851. The first-order valence-corrected chi connectivity index (χ1v) is 7.91. The van der Waals surface area contributed by atoms with Gasteiger partial charge in [0.25, 0.3) is 0 Å². The second-order valence-electron chi connectivity index (χ2n) is 7.23. The number of ether oxygens (including phenoxy) is 3. The van der Waals surface area contributed by atoms with Crippen molar-refractivity contribution in [2.45, 2.75) is 76.1 Å². The highest BCUT2D eigenvalue weighted by molar-refractivity contribution is 5.09. The average molecular weight is 268 g/mol. The van der Waals surface area contributed by atoms with E-state index < -0.39 is 0 Å². The van der Waals surface area contributed by atoms with Gasteiger partial charge in [0.05, 0.1) is 16.8 Å². The van der Waals surface area contributed by atoms with Crippen molar-refractivity contribution in [1.82, 2.24) is 0 Å². The number of rotatable bonds is 3. The molecular weight excluding hydrogens is 240 g/mol. The predicted octanol–water partition coefficient (Wildman–Crippen LogP) is 3.31. The second-order valence-corrected chi connectivity index (χ2v) is 7.23. The average Bonchev–Trinajstić information content (AvgIpc) is 3.03. The standard InChI is InChI=1S/C16H28O3/c1-14(7-4-10-17-14)13(15(2)8-5-11-18-15)16(3)9-6-12-19-16/h13H,4-12H2,1-3H3. The summed E-state index contributed by atoms with van der Waals surface area (Å²) in [5.41, 5.74) is -0.255. The summed E-state index contributed by atoms with van der Waals surface area (Å²) in [5, 5.41) is 0. The molecule has 3 fully saturated rings. The minimum Gasteiger partial charge on any atom is -0.375 e. The van der Waals surface area contributed by atoms with Gasteiger partial charge in [-0.2, -0.15) is 0 Å². The van der Waals surface area contributed by atoms with Crippen LogP contribution < -0.4 is 0 Å². The molecule has 0 radical (unpaired) electrons. The van der Waals surface area contributed by atoms with Crippen molar-refractivity contribution in [3.8, 4) is 0 Å². The van der Waals surface area contributed by atoms with Crippen molar-refractivity contribution in [3.63, 3.8) is 0 Å². The quantitative estimate of drug-likeness (QED) is 0.786. The molecule has 3 aliphatic heterocycles.